The smallest absolute Gasteiger partial charge is 0.329 e. The molecular weight excluding hydrogens is 536 g/mol. The van der Waals surface area contributed by atoms with E-state index in [1.807, 2.05) is 0 Å². The number of amides is 2. The van der Waals surface area contributed by atoms with Crippen LogP contribution in [-0.2, 0) is 16.2 Å². The molecule has 0 heterocycles. The Morgan fingerprint density at radius 1 is 1.06 bits per heavy atom. The zero-order valence-electron chi connectivity index (χ0n) is 17.6. The maximum Gasteiger partial charge on any atom is 0.329 e. The molecule has 0 radical (unpaired) electrons. The molecule has 0 aliphatic heterocycles. The number of nitrogens with zero attached hydrogens (tertiary/aromatic N) is 1. The summed E-state index contributed by atoms with van der Waals surface area (Å²) < 4.78 is 38.5. The third-order valence-electron chi connectivity index (χ3n) is 4.35. The maximum absolute atomic E-state index is 13.8. The Bertz CT molecular complexity index is 1260. The van der Waals surface area contributed by atoms with Crippen LogP contribution in [0, 0.1) is 11.6 Å². The average Bonchev–Trinajstić information content (AvgIpc) is 2.80. The van der Waals surface area contributed by atoms with Gasteiger partial charge in [-0.15, -0.1) is 0 Å². The Labute approximate surface area is 206 Å². The monoisotopic (exact) mass is 551 g/mol. The van der Waals surface area contributed by atoms with Crippen LogP contribution in [0.3, 0.4) is 0 Å². The molecule has 0 aliphatic rings. The molecule has 2 N–H and O–H groups in total. The number of anilines is 1. The molecule has 0 unspecified atom stereocenters. The number of methoxy groups -OCH3 is 1. The molecule has 3 rings (SSSR count). The Hall–Kier alpha value is -3.50. The van der Waals surface area contributed by atoms with Gasteiger partial charge in [0.15, 0.2) is 11.5 Å². The van der Waals surface area contributed by atoms with Crippen molar-refractivity contribution < 1.29 is 27.8 Å². The predicted molar refractivity (Wildman–Crippen MR) is 127 cm³/mol. The van der Waals surface area contributed by atoms with Crippen molar-refractivity contribution in [1.82, 2.24) is 5.43 Å². The van der Waals surface area contributed by atoms with E-state index in [1.54, 1.807) is 18.2 Å². The van der Waals surface area contributed by atoms with Crippen molar-refractivity contribution in [3.05, 3.63) is 86.9 Å². The molecule has 0 saturated carbocycles. The van der Waals surface area contributed by atoms with E-state index in [0.717, 1.165) is 6.07 Å². The van der Waals surface area contributed by atoms with Crippen LogP contribution in [0.1, 0.15) is 11.1 Å². The van der Waals surface area contributed by atoms with Gasteiger partial charge in [0.2, 0.25) is 0 Å². The number of hydrazone groups is 1. The van der Waals surface area contributed by atoms with Crippen LogP contribution < -0.4 is 20.2 Å². The topological polar surface area (TPSA) is 89.0 Å². The highest BCUT2D eigenvalue weighted by Crippen LogP contribution is 2.29. The molecule has 176 valence electrons. The van der Waals surface area contributed by atoms with Crippen molar-refractivity contribution in [2.75, 3.05) is 12.4 Å². The summed E-state index contributed by atoms with van der Waals surface area (Å²) in [6.45, 7) is 0.0903. The summed E-state index contributed by atoms with van der Waals surface area (Å²) in [6, 6.07) is 12.8. The summed E-state index contributed by atoms with van der Waals surface area (Å²) in [5.74, 6) is -2.53. The van der Waals surface area contributed by atoms with Crippen molar-refractivity contribution >= 4 is 51.2 Å². The highest BCUT2D eigenvalue weighted by molar-refractivity contribution is 9.10. The van der Waals surface area contributed by atoms with E-state index in [4.69, 9.17) is 21.1 Å². The van der Waals surface area contributed by atoms with Crippen LogP contribution in [0.15, 0.2) is 64.2 Å². The number of benzene rings is 3. The van der Waals surface area contributed by atoms with Gasteiger partial charge in [-0.2, -0.15) is 5.10 Å². The first-order valence-electron chi connectivity index (χ1n) is 9.61. The van der Waals surface area contributed by atoms with Crippen LogP contribution in [-0.4, -0.2) is 25.1 Å². The van der Waals surface area contributed by atoms with Crippen LogP contribution in [0.2, 0.25) is 5.02 Å². The lowest BCUT2D eigenvalue weighted by molar-refractivity contribution is -0.136. The van der Waals surface area contributed by atoms with E-state index in [2.05, 4.69) is 31.8 Å². The van der Waals surface area contributed by atoms with Gasteiger partial charge in [0, 0.05) is 10.0 Å². The number of hydrogen-bond donors (Lipinski definition) is 2. The Balaban J connectivity index is 1.58. The normalized spacial score (nSPS) is 10.7. The van der Waals surface area contributed by atoms with Gasteiger partial charge in [-0.05, 0) is 54.1 Å². The zero-order valence-corrected chi connectivity index (χ0v) is 19.9. The van der Waals surface area contributed by atoms with Crippen LogP contribution in [0.4, 0.5) is 14.5 Å². The van der Waals surface area contributed by atoms with Gasteiger partial charge in [-0.1, -0.05) is 33.6 Å². The summed E-state index contributed by atoms with van der Waals surface area (Å²) in [6.07, 6.45) is 1.29. The first-order chi connectivity index (χ1) is 16.3. The molecule has 34 heavy (non-hydrogen) atoms. The third-order valence-corrected chi connectivity index (χ3v) is 5.20. The van der Waals surface area contributed by atoms with Crippen molar-refractivity contribution in [2.24, 2.45) is 5.10 Å². The molecule has 3 aromatic rings. The van der Waals surface area contributed by atoms with E-state index < -0.39 is 23.4 Å². The summed E-state index contributed by atoms with van der Waals surface area (Å²) in [5, 5.41) is 6.12. The highest BCUT2D eigenvalue weighted by atomic mass is 79.9. The fraction of sp³-hybridized carbons (Fsp3) is 0.0870. The quantitative estimate of drug-likeness (QED) is 0.244. The molecule has 3 aromatic carbocycles. The summed E-state index contributed by atoms with van der Waals surface area (Å²) in [4.78, 5) is 23.8. The summed E-state index contributed by atoms with van der Waals surface area (Å²) in [5.41, 5.74) is 3.05. The Morgan fingerprint density at radius 2 is 1.85 bits per heavy atom. The van der Waals surface area contributed by atoms with E-state index in [1.165, 1.54) is 43.7 Å². The minimum absolute atomic E-state index is 0.0903. The molecule has 0 aliphatic carbocycles. The molecule has 11 heteroatoms. The number of ether oxygens (including phenoxy) is 2. The van der Waals surface area contributed by atoms with Crippen molar-refractivity contribution in [3.63, 3.8) is 0 Å². The molecule has 0 aromatic heterocycles. The van der Waals surface area contributed by atoms with Crippen molar-refractivity contribution in [1.29, 1.82) is 0 Å². The lowest BCUT2D eigenvalue weighted by Crippen LogP contribution is -2.32. The number of rotatable bonds is 7. The molecule has 2 amide bonds. The molecular formula is C23H17BrClF2N3O4. The first-order valence-corrected chi connectivity index (χ1v) is 10.8. The van der Waals surface area contributed by atoms with Crippen LogP contribution in [0.25, 0.3) is 0 Å². The van der Waals surface area contributed by atoms with E-state index in [-0.39, 0.29) is 17.3 Å². The number of carbonyl (C=O) groups is 2. The van der Waals surface area contributed by atoms with Crippen LogP contribution >= 0.6 is 27.5 Å². The molecule has 0 fully saturated rings. The van der Waals surface area contributed by atoms with Gasteiger partial charge in [0.05, 0.1) is 24.0 Å². The minimum atomic E-state index is -1.08. The Morgan fingerprint density at radius 3 is 2.56 bits per heavy atom. The zero-order chi connectivity index (χ0) is 24.7. The summed E-state index contributed by atoms with van der Waals surface area (Å²) >= 11 is 9.11. The second-order valence-corrected chi connectivity index (χ2v) is 8.03. The SMILES string of the molecule is COc1cc(/C=N/NC(=O)C(=O)Nc2ccc(Br)cc2F)ccc1OCc1ccc(F)cc1Cl. The standard InChI is InChI=1S/C23H17BrClF2N3O4/c1-33-21-8-13(2-7-20(21)34-12-14-3-5-16(26)10-17(14)25)11-28-30-23(32)22(31)29-19-6-4-15(24)9-18(19)27/h2-11H,12H2,1H3,(H,29,31)(H,30,32)/b28-11+. The highest BCUT2D eigenvalue weighted by Gasteiger charge is 2.15. The van der Waals surface area contributed by atoms with Crippen molar-refractivity contribution in [2.45, 2.75) is 6.61 Å². The lowest BCUT2D eigenvalue weighted by atomic mass is 10.2. The largest absolute Gasteiger partial charge is 0.493 e. The second-order valence-electron chi connectivity index (χ2n) is 6.71. The number of carbonyl (C=O) groups excluding carboxylic acids is 2. The third kappa shape index (κ3) is 6.75. The fourth-order valence-corrected chi connectivity index (χ4v) is 3.22. The maximum atomic E-state index is 13.8. The number of halogens is 4. The second kappa shape index (κ2) is 11.6. The molecule has 0 spiro atoms. The average molecular weight is 553 g/mol. The molecule has 0 atom stereocenters. The van der Waals surface area contributed by atoms with E-state index >= 15 is 0 Å². The fourth-order valence-electron chi connectivity index (χ4n) is 2.66. The summed E-state index contributed by atoms with van der Waals surface area (Å²) in [7, 11) is 1.45. The number of hydrogen-bond acceptors (Lipinski definition) is 5. The molecule has 7 nitrogen and oxygen atoms in total. The van der Waals surface area contributed by atoms with Gasteiger partial charge in [-0.25, -0.2) is 14.2 Å². The van der Waals surface area contributed by atoms with Gasteiger partial charge < -0.3 is 14.8 Å². The molecule has 0 bridgehead atoms. The van der Waals surface area contributed by atoms with Crippen LogP contribution in [0.5, 0.6) is 11.5 Å². The molecule has 0 saturated heterocycles. The Kier molecular flexibility index (Phi) is 8.55. The number of nitrogens with one attached hydrogen (secondary N) is 2. The van der Waals surface area contributed by atoms with Gasteiger partial charge >= 0.3 is 11.8 Å². The van der Waals surface area contributed by atoms with Gasteiger partial charge in [0.25, 0.3) is 0 Å². The van der Waals surface area contributed by atoms with E-state index in [9.17, 15) is 18.4 Å². The van der Waals surface area contributed by atoms with Crippen molar-refractivity contribution in [3.8, 4) is 11.5 Å². The van der Waals surface area contributed by atoms with Gasteiger partial charge in [0.1, 0.15) is 18.2 Å². The predicted octanol–water partition coefficient (Wildman–Crippen LogP) is 5.06. The first kappa shape index (κ1) is 25.1. The minimum Gasteiger partial charge on any atom is -0.493 e. The lowest BCUT2D eigenvalue weighted by Gasteiger charge is -2.12. The van der Waals surface area contributed by atoms with Gasteiger partial charge in [-0.3, -0.25) is 9.59 Å². The van der Waals surface area contributed by atoms with E-state index in [0.29, 0.717) is 27.1 Å².